The molecule has 1 aromatic heterocycles. The summed E-state index contributed by atoms with van der Waals surface area (Å²) >= 11 is -0.268. The molecule has 36 heavy (non-hydrogen) atoms. The molecule has 3 heterocycles. The number of nitrogens with zero attached hydrogens (tertiary/aromatic N) is 4. The lowest BCUT2D eigenvalue weighted by atomic mass is 9.96. The molecule has 1 atom stereocenters. The molecule has 0 radical (unpaired) electrons. The molecule has 2 aromatic rings. The van der Waals surface area contributed by atoms with E-state index in [1.54, 1.807) is 19.2 Å². The Morgan fingerprint density at radius 2 is 1.81 bits per heavy atom. The fourth-order valence-corrected chi connectivity index (χ4v) is 4.85. The number of rotatable bonds is 6. The Labute approximate surface area is 210 Å². The lowest BCUT2D eigenvalue weighted by Crippen LogP contribution is -2.36. The molecular formula is C24H26F3N5O3S. The highest BCUT2D eigenvalue weighted by Gasteiger charge is 2.43. The number of amides is 4. The van der Waals surface area contributed by atoms with Crippen LogP contribution < -0.4 is 10.2 Å². The standard InChI is InChI=1S/C24H26F3N5O3S/c1-15-22(34)32(18-3-5-19(6-4-18)36-24(25,26)27)23(35)31(15)14-17-7-10-28-13-20(17)29-21(33)16-8-11-30(2)12-9-16/h3-7,10,13,15-16H,8-9,11-12,14H2,1-2H3,(H,29,33). The molecule has 1 aromatic carbocycles. The maximum Gasteiger partial charge on any atom is 0.446 e. The van der Waals surface area contributed by atoms with Crippen molar-refractivity contribution < 1.29 is 27.6 Å². The summed E-state index contributed by atoms with van der Waals surface area (Å²) in [5.74, 6) is -0.702. The number of benzene rings is 1. The van der Waals surface area contributed by atoms with Gasteiger partial charge in [-0.3, -0.25) is 14.6 Å². The minimum absolute atomic E-state index is 0.0444. The molecule has 8 nitrogen and oxygen atoms in total. The number of imide groups is 1. The van der Waals surface area contributed by atoms with Gasteiger partial charge in [-0.1, -0.05) is 0 Å². The third-order valence-corrected chi connectivity index (χ3v) is 7.15. The third-order valence-electron chi connectivity index (χ3n) is 6.41. The van der Waals surface area contributed by atoms with Crippen molar-refractivity contribution >= 4 is 41.0 Å². The first kappa shape index (κ1) is 26.0. The molecule has 4 rings (SSSR count). The Bertz CT molecular complexity index is 1140. The highest BCUT2D eigenvalue weighted by Crippen LogP contribution is 2.38. The molecule has 2 aliphatic heterocycles. The number of thioether (sulfide) groups is 1. The number of carbonyl (C=O) groups is 3. The van der Waals surface area contributed by atoms with Crippen molar-refractivity contribution in [1.82, 2.24) is 14.8 Å². The number of urea groups is 1. The van der Waals surface area contributed by atoms with E-state index < -0.39 is 23.5 Å². The Morgan fingerprint density at radius 3 is 2.44 bits per heavy atom. The van der Waals surface area contributed by atoms with E-state index in [9.17, 15) is 27.6 Å². The lowest BCUT2D eigenvalue weighted by Gasteiger charge is -2.28. The summed E-state index contributed by atoms with van der Waals surface area (Å²) in [6.07, 6.45) is 4.57. The zero-order valence-corrected chi connectivity index (χ0v) is 20.6. The number of hydrogen-bond acceptors (Lipinski definition) is 6. The Balaban J connectivity index is 1.48. The SMILES string of the molecule is CC1C(=O)N(c2ccc(SC(F)(F)F)cc2)C(=O)N1Cc1ccncc1NC(=O)C1CCN(C)CC1. The number of hydrogen-bond donors (Lipinski definition) is 1. The van der Waals surface area contributed by atoms with Crippen LogP contribution in [-0.2, 0) is 16.1 Å². The van der Waals surface area contributed by atoms with Crippen LogP contribution in [0.2, 0.25) is 0 Å². The maximum absolute atomic E-state index is 13.2. The van der Waals surface area contributed by atoms with E-state index in [0.717, 1.165) is 30.8 Å². The lowest BCUT2D eigenvalue weighted by molar-refractivity contribution is -0.121. The number of carbonyl (C=O) groups excluding carboxylic acids is 3. The van der Waals surface area contributed by atoms with Crippen LogP contribution in [0.15, 0.2) is 47.6 Å². The molecule has 2 aliphatic rings. The van der Waals surface area contributed by atoms with E-state index in [4.69, 9.17) is 0 Å². The van der Waals surface area contributed by atoms with Crippen molar-refractivity contribution in [3.63, 3.8) is 0 Å². The topological polar surface area (TPSA) is 85.9 Å². The van der Waals surface area contributed by atoms with Crippen molar-refractivity contribution in [2.45, 2.75) is 42.8 Å². The number of alkyl halides is 3. The number of piperidine rings is 1. The second kappa shape index (κ2) is 10.5. The van der Waals surface area contributed by atoms with Gasteiger partial charge in [0.1, 0.15) is 6.04 Å². The molecular weight excluding hydrogens is 495 g/mol. The number of anilines is 2. The molecule has 0 bridgehead atoms. The molecule has 2 saturated heterocycles. The van der Waals surface area contributed by atoms with Gasteiger partial charge < -0.3 is 15.1 Å². The number of halogens is 3. The number of aromatic nitrogens is 1. The second-order valence-corrected chi connectivity index (χ2v) is 10.0. The van der Waals surface area contributed by atoms with Crippen LogP contribution in [0.1, 0.15) is 25.3 Å². The predicted molar refractivity (Wildman–Crippen MR) is 129 cm³/mol. The summed E-state index contributed by atoms with van der Waals surface area (Å²) in [4.78, 5) is 47.5. The van der Waals surface area contributed by atoms with Crippen LogP contribution in [-0.4, -0.2) is 64.3 Å². The highest BCUT2D eigenvalue weighted by atomic mass is 32.2. The van der Waals surface area contributed by atoms with Gasteiger partial charge in [0, 0.05) is 17.0 Å². The summed E-state index contributed by atoms with van der Waals surface area (Å²) in [5, 5.41) is 2.93. The first-order chi connectivity index (χ1) is 17.0. The predicted octanol–water partition coefficient (Wildman–Crippen LogP) is 4.33. The summed E-state index contributed by atoms with van der Waals surface area (Å²) in [6.45, 7) is 3.32. The number of nitrogens with one attached hydrogen (secondary N) is 1. The van der Waals surface area contributed by atoms with Gasteiger partial charge in [-0.2, -0.15) is 13.2 Å². The summed E-state index contributed by atoms with van der Waals surface area (Å²) in [6, 6.07) is 5.38. The molecule has 0 aliphatic carbocycles. The van der Waals surface area contributed by atoms with Crippen molar-refractivity contribution in [2.24, 2.45) is 5.92 Å². The average Bonchev–Trinajstić information content (AvgIpc) is 3.03. The van der Waals surface area contributed by atoms with Crippen molar-refractivity contribution in [3.05, 3.63) is 48.3 Å². The molecule has 1 N–H and O–H groups in total. The van der Waals surface area contributed by atoms with Crippen LogP contribution in [0.3, 0.4) is 0 Å². The van der Waals surface area contributed by atoms with Gasteiger partial charge in [0.15, 0.2) is 0 Å². The average molecular weight is 522 g/mol. The summed E-state index contributed by atoms with van der Waals surface area (Å²) < 4.78 is 37.8. The van der Waals surface area contributed by atoms with E-state index in [0.29, 0.717) is 11.3 Å². The quantitative estimate of drug-likeness (QED) is 0.450. The summed E-state index contributed by atoms with van der Waals surface area (Å²) in [5.41, 5.74) is -3.15. The van der Waals surface area contributed by atoms with Crippen LogP contribution in [0.5, 0.6) is 0 Å². The molecule has 12 heteroatoms. The van der Waals surface area contributed by atoms with E-state index in [-0.39, 0.29) is 40.7 Å². The Hall–Kier alpha value is -3.12. The molecule has 2 fully saturated rings. The van der Waals surface area contributed by atoms with Gasteiger partial charge in [0.05, 0.1) is 24.1 Å². The van der Waals surface area contributed by atoms with Crippen molar-refractivity contribution in [1.29, 1.82) is 0 Å². The van der Waals surface area contributed by atoms with E-state index in [1.165, 1.54) is 35.4 Å². The molecule has 1 unspecified atom stereocenters. The monoisotopic (exact) mass is 521 g/mol. The molecule has 192 valence electrons. The minimum Gasteiger partial charge on any atom is -0.324 e. The van der Waals surface area contributed by atoms with Gasteiger partial charge in [-0.05, 0) is 87.6 Å². The van der Waals surface area contributed by atoms with E-state index >= 15 is 0 Å². The normalized spacial score (nSPS) is 19.8. The highest BCUT2D eigenvalue weighted by molar-refractivity contribution is 8.00. The van der Waals surface area contributed by atoms with Crippen LogP contribution >= 0.6 is 11.8 Å². The largest absolute Gasteiger partial charge is 0.446 e. The van der Waals surface area contributed by atoms with E-state index in [2.05, 4.69) is 15.2 Å². The Kier molecular flexibility index (Phi) is 7.55. The van der Waals surface area contributed by atoms with Gasteiger partial charge in [0.2, 0.25) is 5.91 Å². The Morgan fingerprint density at radius 1 is 1.14 bits per heavy atom. The molecule has 4 amide bonds. The van der Waals surface area contributed by atoms with Crippen molar-refractivity contribution in [2.75, 3.05) is 30.4 Å². The van der Waals surface area contributed by atoms with Crippen LogP contribution in [0, 0.1) is 5.92 Å². The zero-order valence-electron chi connectivity index (χ0n) is 19.8. The minimum atomic E-state index is -4.43. The fourth-order valence-electron chi connectivity index (χ4n) is 4.31. The fraction of sp³-hybridized carbons (Fsp3) is 0.417. The maximum atomic E-state index is 13.2. The first-order valence-electron chi connectivity index (χ1n) is 11.5. The van der Waals surface area contributed by atoms with Crippen LogP contribution in [0.4, 0.5) is 29.3 Å². The second-order valence-electron chi connectivity index (χ2n) is 8.90. The van der Waals surface area contributed by atoms with Gasteiger partial charge in [-0.15, -0.1) is 0 Å². The first-order valence-corrected chi connectivity index (χ1v) is 12.3. The molecule has 0 spiro atoms. The number of pyridine rings is 1. The van der Waals surface area contributed by atoms with Crippen molar-refractivity contribution in [3.8, 4) is 0 Å². The van der Waals surface area contributed by atoms with Gasteiger partial charge >= 0.3 is 11.5 Å². The third kappa shape index (κ3) is 5.81. The van der Waals surface area contributed by atoms with Crippen LogP contribution in [0.25, 0.3) is 0 Å². The van der Waals surface area contributed by atoms with Gasteiger partial charge in [-0.25, -0.2) is 9.69 Å². The molecule has 0 saturated carbocycles. The smallest absolute Gasteiger partial charge is 0.324 e. The van der Waals surface area contributed by atoms with Gasteiger partial charge in [0.25, 0.3) is 5.91 Å². The van der Waals surface area contributed by atoms with E-state index in [1.807, 2.05) is 7.05 Å². The number of likely N-dealkylation sites (tertiary alicyclic amines) is 1. The zero-order chi connectivity index (χ0) is 26.0. The summed E-state index contributed by atoms with van der Waals surface area (Å²) in [7, 11) is 2.02.